The van der Waals surface area contributed by atoms with Gasteiger partial charge in [-0.2, -0.15) is 0 Å². The number of aliphatic hydroxyl groups is 1. The molecule has 0 heterocycles. The first-order valence-corrected chi connectivity index (χ1v) is 43.8. The van der Waals surface area contributed by atoms with E-state index in [0.717, 1.165) is 114 Å². The Kier molecular flexibility index (Phi) is 66.8. The predicted molar refractivity (Wildman–Crippen MR) is 400 cm³/mol. The second kappa shape index (κ2) is 68.2. The van der Waals surface area contributed by atoms with E-state index in [1.165, 1.54) is 199 Å². The number of hydrogen-bond donors (Lipinski definition) is 3. The molecule has 0 aromatic heterocycles. The van der Waals surface area contributed by atoms with Crippen LogP contribution < -0.4 is 0 Å². The van der Waals surface area contributed by atoms with Gasteiger partial charge in [0.05, 0.1) is 26.4 Å². The molecule has 0 spiro atoms. The number of unbranched alkanes of at least 4 members (excludes halogenated alkanes) is 40. The van der Waals surface area contributed by atoms with E-state index in [-0.39, 0.29) is 25.7 Å². The summed E-state index contributed by atoms with van der Waals surface area (Å²) >= 11 is 0. The number of esters is 4. The second-order valence-corrected chi connectivity index (χ2v) is 32.8. The van der Waals surface area contributed by atoms with Gasteiger partial charge in [-0.1, -0.05) is 351 Å². The fourth-order valence-corrected chi connectivity index (χ4v) is 13.6. The molecule has 0 aliphatic carbocycles. The van der Waals surface area contributed by atoms with E-state index in [1.54, 1.807) is 0 Å². The summed E-state index contributed by atoms with van der Waals surface area (Å²) in [6.07, 6.45) is 54.0. The van der Waals surface area contributed by atoms with Crippen molar-refractivity contribution in [2.75, 3.05) is 39.6 Å². The minimum atomic E-state index is -4.96. The molecule has 0 aliphatic heterocycles. The molecule has 0 fully saturated rings. The van der Waals surface area contributed by atoms with Crippen molar-refractivity contribution in [3.05, 3.63) is 0 Å². The van der Waals surface area contributed by atoms with Gasteiger partial charge in [-0.05, 0) is 49.4 Å². The van der Waals surface area contributed by atoms with Crippen molar-refractivity contribution in [3.63, 3.8) is 0 Å². The number of aliphatic hydroxyl groups excluding tert-OH is 1. The molecule has 0 aromatic rings. The number of carbonyl (C=O) groups excluding carboxylic acids is 4. The van der Waals surface area contributed by atoms with Gasteiger partial charge in [0.2, 0.25) is 0 Å². The normalized spacial score (nSPS) is 14.6. The summed E-state index contributed by atoms with van der Waals surface area (Å²) < 4.78 is 68.7. The monoisotopic (exact) mass is 1440 g/mol. The Morgan fingerprint density at radius 3 is 0.724 bits per heavy atom. The number of ether oxygens (including phenoxy) is 4. The molecule has 0 rings (SSSR count). The average Bonchev–Trinajstić information content (AvgIpc) is 1.56. The smallest absolute Gasteiger partial charge is 0.462 e. The summed E-state index contributed by atoms with van der Waals surface area (Å²) in [5.74, 6) is 1.03. The molecule has 7 atom stereocenters. The fraction of sp³-hybridized carbons (Fsp3) is 0.949. The molecular formula is C79H154O17P2. The Hall–Kier alpha value is -1.94. The minimum absolute atomic E-state index is 0.106. The Morgan fingerprint density at radius 2 is 0.490 bits per heavy atom. The molecule has 19 heteroatoms. The van der Waals surface area contributed by atoms with Crippen LogP contribution in [0.15, 0.2) is 0 Å². The van der Waals surface area contributed by atoms with E-state index in [1.807, 2.05) is 0 Å². The highest BCUT2D eigenvalue weighted by Gasteiger charge is 2.30. The molecule has 0 amide bonds. The first-order chi connectivity index (χ1) is 47.2. The lowest BCUT2D eigenvalue weighted by molar-refractivity contribution is -0.161. The van der Waals surface area contributed by atoms with Crippen LogP contribution in [-0.2, 0) is 65.4 Å². The van der Waals surface area contributed by atoms with E-state index in [9.17, 15) is 43.2 Å². The molecule has 0 saturated heterocycles. The molecule has 582 valence electrons. The largest absolute Gasteiger partial charge is 0.472 e. The molecule has 17 nitrogen and oxygen atoms in total. The lowest BCUT2D eigenvalue weighted by Crippen LogP contribution is -2.30. The molecule has 5 unspecified atom stereocenters. The Balaban J connectivity index is 5.25. The first-order valence-electron chi connectivity index (χ1n) is 40.8. The van der Waals surface area contributed by atoms with Gasteiger partial charge in [0.15, 0.2) is 12.2 Å². The van der Waals surface area contributed by atoms with Crippen LogP contribution >= 0.6 is 15.6 Å². The van der Waals surface area contributed by atoms with Crippen molar-refractivity contribution < 1.29 is 80.2 Å². The summed E-state index contributed by atoms with van der Waals surface area (Å²) in [6, 6.07) is 0. The lowest BCUT2D eigenvalue weighted by atomic mass is 9.99. The predicted octanol–water partition coefficient (Wildman–Crippen LogP) is 23.2. The average molecular weight is 1440 g/mol. The highest BCUT2D eigenvalue weighted by molar-refractivity contribution is 7.47. The zero-order valence-electron chi connectivity index (χ0n) is 64.4. The van der Waals surface area contributed by atoms with Gasteiger partial charge in [-0.15, -0.1) is 0 Å². The van der Waals surface area contributed by atoms with Gasteiger partial charge in [0, 0.05) is 25.7 Å². The quantitative estimate of drug-likeness (QED) is 0.0222. The number of phosphoric acid groups is 2. The maximum atomic E-state index is 13.1. The maximum Gasteiger partial charge on any atom is 0.472 e. The van der Waals surface area contributed by atoms with Crippen molar-refractivity contribution in [1.29, 1.82) is 0 Å². The van der Waals surface area contributed by atoms with Crippen molar-refractivity contribution in [3.8, 4) is 0 Å². The summed E-state index contributed by atoms with van der Waals surface area (Å²) in [7, 11) is -9.92. The van der Waals surface area contributed by atoms with Crippen molar-refractivity contribution in [2.45, 2.75) is 420 Å². The van der Waals surface area contributed by atoms with Gasteiger partial charge >= 0.3 is 39.5 Å². The zero-order valence-corrected chi connectivity index (χ0v) is 66.2. The number of phosphoric ester groups is 2. The highest BCUT2D eigenvalue weighted by Crippen LogP contribution is 2.45. The van der Waals surface area contributed by atoms with E-state index in [2.05, 4.69) is 55.4 Å². The van der Waals surface area contributed by atoms with Crippen molar-refractivity contribution in [2.24, 2.45) is 23.7 Å². The summed E-state index contributed by atoms with van der Waals surface area (Å²) in [5, 5.41) is 10.6. The first kappa shape index (κ1) is 96.1. The molecule has 0 saturated carbocycles. The van der Waals surface area contributed by atoms with Crippen LogP contribution in [0.2, 0.25) is 0 Å². The van der Waals surface area contributed by atoms with Crippen molar-refractivity contribution >= 4 is 39.5 Å². The minimum Gasteiger partial charge on any atom is -0.462 e. The van der Waals surface area contributed by atoms with Crippen LogP contribution in [0, 0.1) is 23.7 Å². The SMILES string of the molecule is CCC(C)CCCCCCCCCCCCCCCCC(=O)O[C@H](COC(=O)CCCCCCCCCC(C)C)COP(=O)(O)OCC(O)COP(=O)(O)OC[C@@H](COC(=O)CCCCCCCCCCCCC(C)CC)OC(=O)CCCCCCCCCCCCCCCC(C)C. The van der Waals surface area contributed by atoms with Gasteiger partial charge in [0.1, 0.15) is 19.3 Å². The zero-order chi connectivity index (χ0) is 72.4. The van der Waals surface area contributed by atoms with E-state index >= 15 is 0 Å². The van der Waals surface area contributed by atoms with Crippen LogP contribution in [0.5, 0.6) is 0 Å². The molecular weight excluding hydrogens is 1280 g/mol. The molecule has 0 radical (unpaired) electrons. The van der Waals surface area contributed by atoms with Crippen LogP contribution in [0.3, 0.4) is 0 Å². The third-order valence-electron chi connectivity index (χ3n) is 19.0. The standard InChI is InChI=1S/C79H154O17P2/c1-9-71(7)57-49-41-33-25-19-15-11-12-16-20-28-36-45-53-61-79(84)96-75(66-90-77(82)60-52-44-38-30-32-40-48-56-70(5)6)68-94-98(87,88)92-64-73(80)63-91-97(85,86)93-67-74(65-89-76(81)59-51-43-35-27-23-22-26-34-42-50-58-72(8)10-2)95-78(83)62-54-46-37-29-21-17-13-14-18-24-31-39-47-55-69(3)4/h69-75,80H,9-68H2,1-8H3,(H,85,86)(H,87,88)/t71?,72?,73?,74-,75-/m1/s1. The fourth-order valence-electron chi connectivity index (χ4n) is 12.0. The van der Waals surface area contributed by atoms with Gasteiger partial charge in [-0.3, -0.25) is 37.3 Å². The summed E-state index contributed by atoms with van der Waals surface area (Å²) in [5.41, 5.74) is 0. The van der Waals surface area contributed by atoms with Crippen molar-refractivity contribution in [1.82, 2.24) is 0 Å². The number of carbonyl (C=O) groups is 4. The van der Waals surface area contributed by atoms with E-state index in [4.69, 9.17) is 37.0 Å². The number of rotatable bonds is 76. The lowest BCUT2D eigenvalue weighted by Gasteiger charge is -2.21. The van der Waals surface area contributed by atoms with Gasteiger partial charge in [-0.25, -0.2) is 9.13 Å². The molecule has 3 N–H and O–H groups in total. The Labute approximate surface area is 600 Å². The molecule has 98 heavy (non-hydrogen) atoms. The third kappa shape index (κ3) is 69.8. The molecule has 0 aliphatic rings. The van der Waals surface area contributed by atoms with Gasteiger partial charge < -0.3 is 33.8 Å². The van der Waals surface area contributed by atoms with Gasteiger partial charge in [0.25, 0.3) is 0 Å². The number of hydrogen-bond acceptors (Lipinski definition) is 15. The highest BCUT2D eigenvalue weighted by atomic mass is 31.2. The molecule has 0 bridgehead atoms. The summed E-state index contributed by atoms with van der Waals surface area (Å²) in [4.78, 5) is 73.0. The second-order valence-electron chi connectivity index (χ2n) is 29.9. The topological polar surface area (TPSA) is 237 Å². The third-order valence-corrected chi connectivity index (χ3v) is 20.9. The molecule has 0 aromatic carbocycles. The summed E-state index contributed by atoms with van der Waals surface area (Å²) in [6.45, 7) is 14.3. The van der Waals surface area contributed by atoms with Crippen LogP contribution in [0.1, 0.15) is 402 Å². The Morgan fingerprint density at radius 1 is 0.286 bits per heavy atom. The van der Waals surface area contributed by atoms with Crippen LogP contribution in [0.25, 0.3) is 0 Å². The Bertz CT molecular complexity index is 1920. The van der Waals surface area contributed by atoms with Crippen LogP contribution in [-0.4, -0.2) is 96.7 Å². The van der Waals surface area contributed by atoms with E-state index in [0.29, 0.717) is 31.6 Å². The maximum absolute atomic E-state index is 13.1. The van der Waals surface area contributed by atoms with Crippen LogP contribution in [0.4, 0.5) is 0 Å². The van der Waals surface area contributed by atoms with E-state index < -0.39 is 97.5 Å².